The standard InChI is InChI=1S/C13H17Cl2NO4S/c1-7-5-9(14)8(2)12(11(7)15)21(19,20)16-13(3,4)6-10(17)18/h5,16H,6H2,1-4H3,(H,17,18). The fourth-order valence-electron chi connectivity index (χ4n) is 1.96. The molecule has 0 aliphatic rings. The summed E-state index contributed by atoms with van der Waals surface area (Å²) >= 11 is 12.1. The van der Waals surface area contributed by atoms with E-state index in [0.717, 1.165) is 0 Å². The van der Waals surface area contributed by atoms with E-state index in [1.54, 1.807) is 19.9 Å². The molecule has 0 aromatic heterocycles. The maximum Gasteiger partial charge on any atom is 0.305 e. The van der Waals surface area contributed by atoms with Gasteiger partial charge in [0.15, 0.2) is 0 Å². The molecule has 2 N–H and O–H groups in total. The van der Waals surface area contributed by atoms with Crippen LogP contribution in [0.3, 0.4) is 0 Å². The van der Waals surface area contributed by atoms with Crippen molar-refractivity contribution in [1.82, 2.24) is 4.72 Å². The number of sulfonamides is 1. The molecule has 1 aromatic rings. The van der Waals surface area contributed by atoms with Crippen LogP contribution in [-0.2, 0) is 14.8 Å². The fourth-order valence-corrected chi connectivity index (χ4v) is 4.59. The number of rotatable bonds is 5. The number of aryl methyl sites for hydroxylation is 1. The highest BCUT2D eigenvalue weighted by Gasteiger charge is 2.31. The molecule has 0 radical (unpaired) electrons. The predicted molar refractivity (Wildman–Crippen MR) is 82.6 cm³/mol. The second-order valence-electron chi connectivity index (χ2n) is 5.50. The van der Waals surface area contributed by atoms with Crippen molar-refractivity contribution < 1.29 is 18.3 Å². The Bertz CT molecular complexity index is 658. The van der Waals surface area contributed by atoms with E-state index in [-0.39, 0.29) is 21.4 Å². The highest BCUT2D eigenvalue weighted by Crippen LogP contribution is 2.34. The number of nitrogens with one attached hydrogen (secondary N) is 1. The topological polar surface area (TPSA) is 83.5 Å². The molecule has 118 valence electrons. The third kappa shape index (κ3) is 4.32. The molecule has 0 unspecified atom stereocenters. The molecule has 0 amide bonds. The largest absolute Gasteiger partial charge is 0.481 e. The van der Waals surface area contributed by atoms with Crippen molar-refractivity contribution in [2.75, 3.05) is 0 Å². The first-order chi connectivity index (χ1) is 9.37. The Kier molecular flexibility index (Phi) is 5.31. The zero-order valence-corrected chi connectivity index (χ0v) is 14.4. The minimum atomic E-state index is -4.00. The van der Waals surface area contributed by atoms with E-state index in [2.05, 4.69) is 4.72 Å². The van der Waals surface area contributed by atoms with Crippen molar-refractivity contribution in [3.8, 4) is 0 Å². The van der Waals surface area contributed by atoms with Crippen molar-refractivity contribution in [2.24, 2.45) is 0 Å². The maximum absolute atomic E-state index is 12.5. The number of aliphatic carboxylic acids is 1. The van der Waals surface area contributed by atoms with Crippen LogP contribution < -0.4 is 4.72 Å². The molecule has 1 rings (SSSR count). The van der Waals surface area contributed by atoms with E-state index in [9.17, 15) is 13.2 Å². The summed E-state index contributed by atoms with van der Waals surface area (Å²) < 4.78 is 27.4. The van der Waals surface area contributed by atoms with E-state index < -0.39 is 21.5 Å². The summed E-state index contributed by atoms with van der Waals surface area (Å²) in [5.74, 6) is -1.10. The minimum absolute atomic E-state index is 0.0792. The van der Waals surface area contributed by atoms with Gasteiger partial charge in [-0.15, -0.1) is 0 Å². The van der Waals surface area contributed by atoms with E-state index in [4.69, 9.17) is 28.3 Å². The molecule has 0 atom stereocenters. The highest BCUT2D eigenvalue weighted by molar-refractivity contribution is 7.89. The number of halogens is 2. The molecule has 21 heavy (non-hydrogen) atoms. The van der Waals surface area contributed by atoms with Crippen molar-refractivity contribution in [1.29, 1.82) is 0 Å². The highest BCUT2D eigenvalue weighted by atomic mass is 35.5. The van der Waals surface area contributed by atoms with Gasteiger partial charge in [0, 0.05) is 10.6 Å². The average Bonchev–Trinajstić information content (AvgIpc) is 2.22. The Labute approximate surface area is 134 Å². The van der Waals surface area contributed by atoms with Crippen LogP contribution in [-0.4, -0.2) is 25.0 Å². The van der Waals surface area contributed by atoms with Crippen LogP contribution in [0.4, 0.5) is 0 Å². The van der Waals surface area contributed by atoms with Gasteiger partial charge < -0.3 is 5.11 Å². The van der Waals surface area contributed by atoms with Gasteiger partial charge in [-0.3, -0.25) is 4.79 Å². The van der Waals surface area contributed by atoms with Crippen LogP contribution in [0.5, 0.6) is 0 Å². The van der Waals surface area contributed by atoms with Crippen molar-refractivity contribution in [3.63, 3.8) is 0 Å². The number of benzene rings is 1. The maximum atomic E-state index is 12.5. The molecule has 0 saturated heterocycles. The third-order valence-electron chi connectivity index (χ3n) is 2.86. The molecule has 0 heterocycles. The number of carbonyl (C=O) groups is 1. The molecule has 0 fully saturated rings. The second-order valence-corrected chi connectivity index (χ2v) is 7.91. The summed E-state index contributed by atoms with van der Waals surface area (Å²) in [4.78, 5) is 10.7. The van der Waals surface area contributed by atoms with Crippen LogP contribution in [0.25, 0.3) is 0 Å². The van der Waals surface area contributed by atoms with Crippen LogP contribution in [0, 0.1) is 13.8 Å². The van der Waals surface area contributed by atoms with Gasteiger partial charge in [-0.2, -0.15) is 0 Å². The first-order valence-electron chi connectivity index (χ1n) is 6.08. The molecule has 0 bridgehead atoms. The minimum Gasteiger partial charge on any atom is -0.481 e. The summed E-state index contributed by atoms with van der Waals surface area (Å²) in [6.45, 7) is 6.17. The van der Waals surface area contributed by atoms with Gasteiger partial charge in [-0.25, -0.2) is 13.1 Å². The summed E-state index contributed by atoms with van der Waals surface area (Å²) in [6.07, 6.45) is -0.359. The average molecular weight is 354 g/mol. The number of carboxylic acid groups (broad SMARTS) is 1. The van der Waals surface area contributed by atoms with Crippen molar-refractivity contribution >= 4 is 39.2 Å². The molecule has 0 spiro atoms. The normalized spacial score (nSPS) is 12.5. The number of hydrogen-bond acceptors (Lipinski definition) is 3. The van der Waals surface area contributed by atoms with Crippen LogP contribution >= 0.6 is 23.2 Å². The van der Waals surface area contributed by atoms with Gasteiger partial charge >= 0.3 is 5.97 Å². The summed E-state index contributed by atoms with van der Waals surface area (Å²) in [5.41, 5.74) is -0.300. The predicted octanol–water partition coefficient (Wildman–Crippen LogP) is 3.14. The van der Waals surface area contributed by atoms with E-state index in [0.29, 0.717) is 11.1 Å². The lowest BCUT2D eigenvalue weighted by Gasteiger charge is -2.25. The lowest BCUT2D eigenvalue weighted by Crippen LogP contribution is -2.45. The van der Waals surface area contributed by atoms with Gasteiger partial charge in [0.25, 0.3) is 0 Å². The van der Waals surface area contributed by atoms with Gasteiger partial charge in [0.2, 0.25) is 10.0 Å². The summed E-state index contributed by atoms with van der Waals surface area (Å²) in [5, 5.41) is 9.20. The van der Waals surface area contributed by atoms with Crippen LogP contribution in [0.15, 0.2) is 11.0 Å². The summed E-state index contributed by atoms with van der Waals surface area (Å²) in [6, 6.07) is 1.58. The Morgan fingerprint density at radius 3 is 2.33 bits per heavy atom. The second kappa shape index (κ2) is 6.12. The number of hydrogen-bond donors (Lipinski definition) is 2. The van der Waals surface area contributed by atoms with E-state index >= 15 is 0 Å². The van der Waals surface area contributed by atoms with Gasteiger partial charge in [-0.1, -0.05) is 23.2 Å². The Morgan fingerprint density at radius 2 is 1.86 bits per heavy atom. The van der Waals surface area contributed by atoms with Crippen LogP contribution in [0.1, 0.15) is 31.4 Å². The quantitative estimate of drug-likeness (QED) is 0.851. The van der Waals surface area contributed by atoms with Gasteiger partial charge in [-0.05, 0) is 44.9 Å². The molecule has 0 aliphatic carbocycles. The third-order valence-corrected chi connectivity index (χ3v) is 5.72. The van der Waals surface area contributed by atoms with Crippen molar-refractivity contribution in [3.05, 3.63) is 27.2 Å². The molecule has 0 aliphatic heterocycles. The zero-order valence-electron chi connectivity index (χ0n) is 12.1. The number of carboxylic acids is 1. The van der Waals surface area contributed by atoms with Gasteiger partial charge in [0.1, 0.15) is 4.90 Å². The molecular weight excluding hydrogens is 337 g/mol. The van der Waals surface area contributed by atoms with E-state index in [1.807, 2.05) is 0 Å². The molecule has 5 nitrogen and oxygen atoms in total. The molecule has 1 aromatic carbocycles. The first-order valence-corrected chi connectivity index (χ1v) is 8.32. The smallest absolute Gasteiger partial charge is 0.305 e. The Hall–Kier alpha value is -0.820. The lowest BCUT2D eigenvalue weighted by molar-refractivity contribution is -0.138. The zero-order chi connectivity index (χ0) is 16.6. The monoisotopic (exact) mass is 353 g/mol. The van der Waals surface area contributed by atoms with Crippen LogP contribution in [0.2, 0.25) is 10.0 Å². The SMILES string of the molecule is Cc1cc(Cl)c(C)c(S(=O)(=O)NC(C)(C)CC(=O)O)c1Cl. The molecular formula is C13H17Cl2NO4S. The lowest BCUT2D eigenvalue weighted by atomic mass is 10.0. The Balaban J connectivity index is 3.36. The van der Waals surface area contributed by atoms with Crippen molar-refractivity contribution in [2.45, 2.75) is 44.6 Å². The molecule has 8 heteroatoms. The van der Waals surface area contributed by atoms with E-state index in [1.165, 1.54) is 13.8 Å². The first kappa shape index (κ1) is 18.2. The van der Waals surface area contributed by atoms with Gasteiger partial charge in [0.05, 0.1) is 11.4 Å². The summed E-state index contributed by atoms with van der Waals surface area (Å²) in [7, 11) is -4.00. The fraction of sp³-hybridized carbons (Fsp3) is 0.462. The molecule has 0 saturated carbocycles. The Morgan fingerprint density at radius 1 is 1.33 bits per heavy atom.